The molecule has 0 atom stereocenters. The van der Waals surface area contributed by atoms with Gasteiger partial charge in [0.2, 0.25) is 5.91 Å². The van der Waals surface area contributed by atoms with Crippen molar-refractivity contribution in [2.24, 2.45) is 0 Å². The lowest BCUT2D eigenvalue weighted by molar-refractivity contribution is -0.115. The summed E-state index contributed by atoms with van der Waals surface area (Å²) in [6, 6.07) is 21.4. The lowest BCUT2D eigenvalue weighted by atomic mass is 10.0. The first kappa shape index (κ1) is 17.6. The minimum atomic E-state index is -0.301. The monoisotopic (exact) mass is 362 g/mol. The Morgan fingerprint density at radius 3 is 2.58 bits per heavy atom. The third-order valence-electron chi connectivity index (χ3n) is 3.83. The molecule has 5 heteroatoms. The zero-order chi connectivity index (χ0) is 18.4. The minimum Gasteiger partial charge on any atom is -0.495 e. The van der Waals surface area contributed by atoms with Crippen LogP contribution in [0.5, 0.6) is 5.75 Å². The third kappa shape index (κ3) is 4.26. The number of amides is 1. The topological polar surface area (TPSA) is 50.4 Å². The summed E-state index contributed by atoms with van der Waals surface area (Å²) in [4.78, 5) is 12.2. The van der Waals surface area contributed by atoms with Crippen molar-refractivity contribution in [2.75, 3.05) is 12.4 Å². The summed E-state index contributed by atoms with van der Waals surface area (Å²) in [5, 5.41) is 8.03. The molecular formula is C21H18N2O2S. The average molecular weight is 362 g/mol. The highest BCUT2D eigenvalue weighted by Crippen LogP contribution is 2.23. The molecule has 3 aromatic rings. The smallest absolute Gasteiger partial charge is 0.250 e. The molecule has 0 aliphatic carbocycles. The second-order valence-electron chi connectivity index (χ2n) is 5.55. The fraction of sp³-hybridized carbons (Fsp3) is 0.0476. The van der Waals surface area contributed by atoms with Gasteiger partial charge in [0.05, 0.1) is 12.8 Å². The number of rotatable bonds is 4. The number of fused-ring (bicyclic) bond motifs is 1. The van der Waals surface area contributed by atoms with Crippen LogP contribution in [0.3, 0.4) is 0 Å². The van der Waals surface area contributed by atoms with Gasteiger partial charge in [0.15, 0.2) is 5.11 Å². The Balaban J connectivity index is 1.66. The van der Waals surface area contributed by atoms with Crippen LogP contribution in [0.4, 0.5) is 5.69 Å². The van der Waals surface area contributed by atoms with Crippen LogP contribution in [0.1, 0.15) is 5.56 Å². The lowest BCUT2D eigenvalue weighted by Gasteiger charge is -2.11. The fourth-order valence-electron chi connectivity index (χ4n) is 2.62. The number of nitrogens with one attached hydrogen (secondary N) is 2. The van der Waals surface area contributed by atoms with Crippen LogP contribution in [0.25, 0.3) is 16.8 Å². The largest absolute Gasteiger partial charge is 0.495 e. The number of anilines is 1. The fourth-order valence-corrected chi connectivity index (χ4v) is 2.83. The van der Waals surface area contributed by atoms with Gasteiger partial charge in [-0.05, 0) is 46.8 Å². The first-order valence-electron chi connectivity index (χ1n) is 8.08. The second-order valence-corrected chi connectivity index (χ2v) is 5.95. The van der Waals surface area contributed by atoms with E-state index in [2.05, 4.69) is 10.6 Å². The van der Waals surface area contributed by atoms with E-state index in [1.165, 1.54) is 6.08 Å². The molecule has 0 saturated carbocycles. The SMILES string of the molecule is COc1ccccc1NC(=S)NC(=O)/C=C\c1cccc2ccccc12. The summed E-state index contributed by atoms with van der Waals surface area (Å²) < 4.78 is 5.25. The van der Waals surface area contributed by atoms with Crippen LogP contribution in [0.15, 0.2) is 72.8 Å². The van der Waals surface area contributed by atoms with E-state index in [-0.39, 0.29) is 11.0 Å². The molecule has 1 amide bonds. The second kappa shape index (κ2) is 8.27. The summed E-state index contributed by atoms with van der Waals surface area (Å²) in [7, 11) is 1.58. The zero-order valence-corrected chi connectivity index (χ0v) is 15.0. The van der Waals surface area contributed by atoms with Gasteiger partial charge < -0.3 is 10.1 Å². The van der Waals surface area contributed by atoms with Gasteiger partial charge >= 0.3 is 0 Å². The van der Waals surface area contributed by atoms with Crippen LogP contribution in [-0.4, -0.2) is 18.1 Å². The molecule has 130 valence electrons. The van der Waals surface area contributed by atoms with Crippen LogP contribution in [-0.2, 0) is 4.79 Å². The van der Waals surface area contributed by atoms with Gasteiger partial charge in [-0.2, -0.15) is 0 Å². The first-order valence-corrected chi connectivity index (χ1v) is 8.49. The van der Waals surface area contributed by atoms with Gasteiger partial charge in [-0.15, -0.1) is 0 Å². The molecule has 0 spiro atoms. The van der Waals surface area contributed by atoms with Crippen LogP contribution < -0.4 is 15.4 Å². The highest BCUT2D eigenvalue weighted by atomic mass is 32.1. The molecule has 0 bridgehead atoms. The molecule has 26 heavy (non-hydrogen) atoms. The number of thiocarbonyl (C=S) groups is 1. The molecule has 0 fully saturated rings. The van der Waals surface area contributed by atoms with Crippen molar-refractivity contribution in [1.82, 2.24) is 5.32 Å². The molecule has 2 N–H and O–H groups in total. The number of hydrogen-bond donors (Lipinski definition) is 2. The maximum absolute atomic E-state index is 12.2. The number of carbonyl (C=O) groups is 1. The predicted octanol–water partition coefficient (Wildman–Crippen LogP) is 4.37. The van der Waals surface area contributed by atoms with E-state index in [0.717, 1.165) is 16.3 Å². The van der Waals surface area contributed by atoms with Gasteiger partial charge in [-0.3, -0.25) is 10.1 Å². The van der Waals surface area contributed by atoms with Gasteiger partial charge in [0.25, 0.3) is 0 Å². The van der Waals surface area contributed by atoms with E-state index in [4.69, 9.17) is 17.0 Å². The van der Waals surface area contributed by atoms with Crippen molar-refractivity contribution in [3.05, 3.63) is 78.4 Å². The highest BCUT2D eigenvalue weighted by Gasteiger charge is 2.06. The van der Waals surface area contributed by atoms with Gasteiger partial charge in [0.1, 0.15) is 5.75 Å². The molecule has 4 nitrogen and oxygen atoms in total. The minimum absolute atomic E-state index is 0.210. The van der Waals surface area contributed by atoms with Gasteiger partial charge in [-0.25, -0.2) is 0 Å². The number of hydrogen-bond acceptors (Lipinski definition) is 3. The molecule has 0 aromatic heterocycles. The van der Waals surface area contributed by atoms with Crippen molar-refractivity contribution < 1.29 is 9.53 Å². The van der Waals surface area contributed by atoms with Crippen LogP contribution in [0.2, 0.25) is 0 Å². The number of benzene rings is 3. The molecule has 3 aromatic carbocycles. The molecule has 0 aliphatic heterocycles. The Morgan fingerprint density at radius 1 is 1.00 bits per heavy atom. The van der Waals surface area contributed by atoms with Crippen LogP contribution in [0, 0.1) is 0 Å². The van der Waals surface area contributed by atoms with Crippen molar-refractivity contribution >= 4 is 45.8 Å². The van der Waals surface area contributed by atoms with Crippen molar-refractivity contribution in [1.29, 1.82) is 0 Å². The Morgan fingerprint density at radius 2 is 1.73 bits per heavy atom. The summed E-state index contributed by atoms with van der Waals surface area (Å²) in [6.07, 6.45) is 3.25. The maximum atomic E-state index is 12.2. The Labute approximate surface area is 157 Å². The zero-order valence-electron chi connectivity index (χ0n) is 14.2. The molecule has 0 saturated heterocycles. The molecule has 0 aliphatic rings. The summed E-state index contributed by atoms with van der Waals surface area (Å²) in [6.45, 7) is 0. The number of carbonyl (C=O) groups excluding carboxylic acids is 1. The Bertz CT molecular complexity index is 977. The van der Waals surface area contributed by atoms with Gasteiger partial charge in [-0.1, -0.05) is 54.6 Å². The van der Waals surface area contributed by atoms with Crippen molar-refractivity contribution in [3.8, 4) is 5.75 Å². The summed E-state index contributed by atoms with van der Waals surface area (Å²) in [5.74, 6) is 0.348. The molecule has 0 heterocycles. The van der Waals surface area contributed by atoms with Crippen molar-refractivity contribution in [3.63, 3.8) is 0 Å². The number of ether oxygens (including phenoxy) is 1. The summed E-state index contributed by atoms with van der Waals surface area (Å²) >= 11 is 5.20. The van der Waals surface area contributed by atoms with E-state index in [1.807, 2.05) is 66.7 Å². The summed E-state index contributed by atoms with van der Waals surface area (Å²) in [5.41, 5.74) is 1.67. The predicted molar refractivity (Wildman–Crippen MR) is 110 cm³/mol. The third-order valence-corrected chi connectivity index (χ3v) is 4.03. The maximum Gasteiger partial charge on any atom is 0.250 e. The van der Waals surface area contributed by atoms with Crippen LogP contribution >= 0.6 is 12.2 Å². The molecule has 0 unspecified atom stereocenters. The first-order chi connectivity index (χ1) is 12.7. The van der Waals surface area contributed by atoms with E-state index >= 15 is 0 Å². The number of methoxy groups -OCH3 is 1. The van der Waals surface area contributed by atoms with Gasteiger partial charge in [0, 0.05) is 6.08 Å². The molecule has 0 radical (unpaired) electrons. The van der Waals surface area contributed by atoms with E-state index in [9.17, 15) is 4.79 Å². The Hall–Kier alpha value is -3.18. The normalized spacial score (nSPS) is 10.7. The quantitative estimate of drug-likeness (QED) is 0.534. The molecular weight excluding hydrogens is 344 g/mol. The number of para-hydroxylation sites is 2. The molecule has 3 rings (SSSR count). The Kier molecular flexibility index (Phi) is 5.61. The highest BCUT2D eigenvalue weighted by molar-refractivity contribution is 7.80. The van der Waals surface area contributed by atoms with E-state index in [1.54, 1.807) is 13.2 Å². The lowest BCUT2D eigenvalue weighted by Crippen LogP contribution is -2.32. The van der Waals surface area contributed by atoms with E-state index < -0.39 is 0 Å². The average Bonchev–Trinajstić information content (AvgIpc) is 2.66. The van der Waals surface area contributed by atoms with Crippen molar-refractivity contribution in [2.45, 2.75) is 0 Å². The van der Waals surface area contributed by atoms with E-state index in [0.29, 0.717) is 11.4 Å². The standard InChI is InChI=1S/C21H18N2O2S/c1-25-19-12-5-4-11-18(19)22-21(26)23-20(24)14-13-16-9-6-8-15-7-2-3-10-17(15)16/h2-14H,1H3,(H2,22,23,24,26)/b14-13-.